The van der Waals surface area contributed by atoms with Gasteiger partial charge in [0.2, 0.25) is 0 Å². The molecule has 22 heavy (non-hydrogen) atoms. The van der Waals surface area contributed by atoms with E-state index in [4.69, 9.17) is 0 Å². The van der Waals surface area contributed by atoms with Crippen LogP contribution in [-0.2, 0) is 12.8 Å². The van der Waals surface area contributed by atoms with Crippen molar-refractivity contribution < 1.29 is 4.48 Å². The molecule has 1 saturated heterocycles. The smallest absolute Gasteiger partial charge is 0.141 e. The van der Waals surface area contributed by atoms with Gasteiger partial charge in [-0.25, -0.2) is 0 Å². The van der Waals surface area contributed by atoms with Crippen molar-refractivity contribution in [1.29, 1.82) is 0 Å². The number of quaternary nitrogens is 1. The third kappa shape index (κ3) is 2.10. The van der Waals surface area contributed by atoms with Crippen molar-refractivity contribution in [2.45, 2.75) is 24.9 Å². The Balaban J connectivity index is 1.85. The Hall–Kier alpha value is -1.64. The maximum absolute atomic E-state index is 3.44. The van der Waals surface area contributed by atoms with E-state index in [0.29, 0.717) is 12.1 Å². The van der Waals surface area contributed by atoms with Crippen molar-refractivity contribution >= 4 is 0 Å². The highest BCUT2D eigenvalue weighted by atomic mass is 15.4. The van der Waals surface area contributed by atoms with Crippen LogP contribution in [0.2, 0.25) is 0 Å². The molecule has 2 nitrogen and oxygen atoms in total. The van der Waals surface area contributed by atoms with Crippen LogP contribution in [0.25, 0.3) is 0 Å². The number of aryl methyl sites for hydroxylation is 2. The molecule has 1 heterocycles. The summed E-state index contributed by atoms with van der Waals surface area (Å²) in [6.45, 7) is 2.42. The molecule has 2 aromatic carbocycles. The van der Waals surface area contributed by atoms with Crippen LogP contribution in [0.1, 0.15) is 28.3 Å². The van der Waals surface area contributed by atoms with Gasteiger partial charge >= 0.3 is 0 Å². The molecule has 0 unspecified atom stereocenters. The van der Waals surface area contributed by atoms with Crippen LogP contribution in [0.5, 0.6) is 0 Å². The molecule has 2 aromatic rings. The Morgan fingerprint density at radius 3 is 1.86 bits per heavy atom. The van der Waals surface area contributed by atoms with E-state index >= 15 is 0 Å². The standard InChI is InChI=1S/C20H25N2/c1-21-17-13-22(2,14-17)20-18-9-5-3-7-15(18)11-12-16-8-4-6-10-19(16)20/h3-10,17,20-21H,11-14H2,1-2H3/q+1. The van der Waals surface area contributed by atoms with E-state index in [9.17, 15) is 0 Å². The summed E-state index contributed by atoms with van der Waals surface area (Å²) in [4.78, 5) is 0. The van der Waals surface area contributed by atoms with Gasteiger partial charge in [-0.2, -0.15) is 0 Å². The molecule has 0 aromatic heterocycles. The molecule has 0 saturated carbocycles. The lowest BCUT2D eigenvalue weighted by Gasteiger charge is -2.52. The molecule has 1 aliphatic heterocycles. The normalized spacial score (nSPS) is 27.5. The van der Waals surface area contributed by atoms with Crippen LogP contribution in [0.3, 0.4) is 0 Å². The zero-order chi connectivity index (χ0) is 15.2. The number of hydrogen-bond donors (Lipinski definition) is 1. The summed E-state index contributed by atoms with van der Waals surface area (Å²) in [5.74, 6) is 0. The van der Waals surface area contributed by atoms with Crippen LogP contribution in [0, 0.1) is 0 Å². The summed E-state index contributed by atoms with van der Waals surface area (Å²) in [5, 5.41) is 3.44. The summed E-state index contributed by atoms with van der Waals surface area (Å²) >= 11 is 0. The SMILES string of the molecule is CNC1C[N+](C)(C2c3ccccc3CCc3ccccc32)C1. The first-order chi connectivity index (χ1) is 10.7. The molecule has 114 valence electrons. The van der Waals surface area contributed by atoms with Gasteiger partial charge < -0.3 is 9.80 Å². The highest BCUT2D eigenvalue weighted by molar-refractivity contribution is 5.43. The van der Waals surface area contributed by atoms with E-state index in [1.54, 1.807) is 11.1 Å². The van der Waals surface area contributed by atoms with Crippen molar-refractivity contribution in [2.75, 3.05) is 27.2 Å². The lowest BCUT2D eigenvalue weighted by molar-refractivity contribution is -0.971. The van der Waals surface area contributed by atoms with E-state index in [-0.39, 0.29) is 0 Å². The minimum absolute atomic E-state index is 0.486. The van der Waals surface area contributed by atoms with E-state index in [0.717, 1.165) is 4.48 Å². The molecule has 4 rings (SSSR count). The van der Waals surface area contributed by atoms with Crippen molar-refractivity contribution in [3.63, 3.8) is 0 Å². The van der Waals surface area contributed by atoms with Gasteiger partial charge in [-0.05, 0) is 31.0 Å². The predicted octanol–water partition coefficient (Wildman–Crippen LogP) is 2.92. The number of nitrogens with zero attached hydrogens (tertiary/aromatic N) is 1. The molecular weight excluding hydrogens is 268 g/mol. The number of fused-ring (bicyclic) bond motifs is 2. The average molecular weight is 293 g/mol. The largest absolute Gasteiger partial charge is 0.313 e. The first-order valence-corrected chi connectivity index (χ1v) is 8.38. The fourth-order valence-corrected chi connectivity index (χ4v) is 4.51. The van der Waals surface area contributed by atoms with Gasteiger partial charge in [0.1, 0.15) is 25.2 Å². The highest BCUT2D eigenvalue weighted by Crippen LogP contribution is 2.43. The second-order valence-electron chi connectivity index (χ2n) is 7.13. The number of rotatable bonds is 2. The van der Waals surface area contributed by atoms with Gasteiger partial charge in [0.15, 0.2) is 0 Å². The molecule has 2 aliphatic rings. The lowest BCUT2D eigenvalue weighted by Crippen LogP contribution is -2.69. The fraction of sp³-hybridized carbons (Fsp3) is 0.400. The van der Waals surface area contributed by atoms with Crippen LogP contribution in [-0.4, -0.2) is 37.7 Å². The molecular formula is C20H25N2+. The number of nitrogens with one attached hydrogen (secondary N) is 1. The Bertz CT molecular complexity index is 638. The van der Waals surface area contributed by atoms with Crippen LogP contribution in [0.4, 0.5) is 0 Å². The maximum Gasteiger partial charge on any atom is 0.141 e. The van der Waals surface area contributed by atoms with E-state index < -0.39 is 0 Å². The van der Waals surface area contributed by atoms with Gasteiger partial charge in [-0.3, -0.25) is 0 Å². The van der Waals surface area contributed by atoms with Crippen LogP contribution in [0.15, 0.2) is 48.5 Å². The van der Waals surface area contributed by atoms with Gasteiger partial charge in [0.25, 0.3) is 0 Å². The first kappa shape index (κ1) is 14.0. The van der Waals surface area contributed by atoms with Crippen LogP contribution < -0.4 is 5.32 Å². The number of hydrogen-bond acceptors (Lipinski definition) is 1. The zero-order valence-corrected chi connectivity index (χ0v) is 13.5. The molecule has 1 N–H and O–H groups in total. The van der Waals surface area contributed by atoms with Crippen molar-refractivity contribution in [3.8, 4) is 0 Å². The Labute approximate surface area is 133 Å². The highest BCUT2D eigenvalue weighted by Gasteiger charge is 2.48. The molecule has 0 bridgehead atoms. The molecule has 0 atom stereocenters. The van der Waals surface area contributed by atoms with E-state index in [2.05, 4.69) is 67.9 Å². The van der Waals surface area contributed by atoms with E-state index in [1.165, 1.54) is 37.1 Å². The quantitative estimate of drug-likeness (QED) is 0.840. The summed E-state index contributed by atoms with van der Waals surface area (Å²) in [6.07, 6.45) is 2.33. The van der Waals surface area contributed by atoms with Crippen molar-refractivity contribution in [3.05, 3.63) is 70.8 Å². The Kier molecular flexibility index (Phi) is 3.32. The minimum atomic E-state index is 0.486. The summed E-state index contributed by atoms with van der Waals surface area (Å²) in [7, 11) is 4.51. The molecule has 2 heteroatoms. The third-order valence-corrected chi connectivity index (χ3v) is 5.67. The fourth-order valence-electron chi connectivity index (χ4n) is 4.51. The predicted molar refractivity (Wildman–Crippen MR) is 90.9 cm³/mol. The summed E-state index contributed by atoms with van der Waals surface area (Å²) in [6, 6.07) is 19.3. The van der Waals surface area contributed by atoms with Gasteiger partial charge in [-0.1, -0.05) is 48.5 Å². The molecule has 0 spiro atoms. The van der Waals surface area contributed by atoms with Crippen molar-refractivity contribution in [1.82, 2.24) is 5.32 Å². The summed E-state index contributed by atoms with van der Waals surface area (Å²) in [5.41, 5.74) is 6.17. The number of benzene rings is 2. The van der Waals surface area contributed by atoms with Gasteiger partial charge in [0.05, 0.1) is 7.05 Å². The minimum Gasteiger partial charge on any atom is -0.313 e. The Morgan fingerprint density at radius 2 is 1.36 bits per heavy atom. The zero-order valence-electron chi connectivity index (χ0n) is 13.5. The monoisotopic (exact) mass is 293 g/mol. The molecule has 1 aliphatic carbocycles. The average Bonchev–Trinajstić information content (AvgIpc) is 2.69. The molecule has 1 fully saturated rings. The van der Waals surface area contributed by atoms with Gasteiger partial charge in [0, 0.05) is 11.1 Å². The first-order valence-electron chi connectivity index (χ1n) is 8.38. The van der Waals surface area contributed by atoms with E-state index in [1.807, 2.05) is 0 Å². The van der Waals surface area contributed by atoms with Crippen molar-refractivity contribution in [2.24, 2.45) is 0 Å². The number of likely N-dealkylation sites (tertiary alicyclic amines) is 1. The third-order valence-electron chi connectivity index (χ3n) is 5.67. The molecule has 0 radical (unpaired) electrons. The summed E-state index contributed by atoms with van der Waals surface area (Å²) < 4.78 is 1.12. The lowest BCUT2D eigenvalue weighted by atomic mass is 9.87. The number of likely N-dealkylation sites (N-methyl/N-ethyl adjacent to an activating group) is 2. The second kappa shape index (κ2) is 5.22. The topological polar surface area (TPSA) is 12.0 Å². The van der Waals surface area contributed by atoms with Gasteiger partial charge in [-0.15, -0.1) is 0 Å². The maximum atomic E-state index is 3.44. The second-order valence-corrected chi connectivity index (χ2v) is 7.13. The molecule has 0 amide bonds. The Morgan fingerprint density at radius 1 is 0.864 bits per heavy atom. The van der Waals surface area contributed by atoms with Crippen LogP contribution >= 0.6 is 0 Å².